The van der Waals surface area contributed by atoms with E-state index in [-0.39, 0.29) is 17.4 Å². The molecule has 4 aromatic rings. The first-order chi connectivity index (χ1) is 15.9. The van der Waals surface area contributed by atoms with Gasteiger partial charge < -0.3 is 20.4 Å². The summed E-state index contributed by atoms with van der Waals surface area (Å²) in [4.78, 5) is 29.8. The molecule has 1 aliphatic rings. The van der Waals surface area contributed by atoms with Crippen molar-refractivity contribution in [1.82, 2.24) is 9.88 Å². The number of halogens is 2. The minimum absolute atomic E-state index is 0.0224. The first-order valence-corrected chi connectivity index (χ1v) is 11.0. The minimum Gasteiger partial charge on any atom is -0.378 e. The number of benzene rings is 3. The van der Waals surface area contributed by atoms with Crippen LogP contribution in [0.2, 0.25) is 5.02 Å². The molecule has 1 fully saturated rings. The van der Waals surface area contributed by atoms with E-state index in [4.69, 9.17) is 22.1 Å². The molecule has 0 unspecified atom stereocenters. The monoisotopic (exact) mass is 465 g/mol. The number of nitrogens with one attached hydrogen (secondary N) is 1. The quantitative estimate of drug-likeness (QED) is 0.471. The van der Waals surface area contributed by atoms with Crippen molar-refractivity contribution in [3.63, 3.8) is 0 Å². The van der Waals surface area contributed by atoms with Gasteiger partial charge in [0.2, 0.25) is 5.91 Å². The Balaban J connectivity index is 1.64. The summed E-state index contributed by atoms with van der Waals surface area (Å²) in [5.74, 6) is -1.01. The number of aromatic nitrogens is 1. The average molecular weight is 466 g/mol. The van der Waals surface area contributed by atoms with E-state index < -0.39 is 11.7 Å². The Bertz CT molecular complexity index is 1410. The van der Waals surface area contributed by atoms with Crippen molar-refractivity contribution < 1.29 is 18.7 Å². The van der Waals surface area contributed by atoms with Crippen molar-refractivity contribution in [2.75, 3.05) is 26.3 Å². The van der Waals surface area contributed by atoms with Crippen LogP contribution in [0, 0.1) is 5.82 Å². The number of carbonyl (C=O) groups excluding carboxylic acids is 2. The Morgan fingerprint density at radius 2 is 1.82 bits per heavy atom. The van der Waals surface area contributed by atoms with Crippen LogP contribution in [0.1, 0.15) is 15.9 Å². The van der Waals surface area contributed by atoms with Crippen LogP contribution in [0.5, 0.6) is 0 Å². The Kier molecular flexibility index (Phi) is 5.52. The van der Waals surface area contributed by atoms with E-state index in [2.05, 4.69) is 4.98 Å². The summed E-state index contributed by atoms with van der Waals surface area (Å²) >= 11 is 5.99. The molecule has 0 spiro atoms. The average Bonchev–Trinajstić information content (AvgIpc) is 3.19. The first kappa shape index (κ1) is 21.4. The van der Waals surface area contributed by atoms with Crippen molar-refractivity contribution in [2.45, 2.75) is 6.42 Å². The number of hydrogen-bond acceptors (Lipinski definition) is 3. The maximum atomic E-state index is 13.7. The number of hydrogen-bond donors (Lipinski definition) is 2. The number of morpholine rings is 1. The highest BCUT2D eigenvalue weighted by Gasteiger charge is 2.20. The molecule has 1 aromatic heterocycles. The lowest BCUT2D eigenvalue weighted by molar-refractivity contribution is -0.117. The summed E-state index contributed by atoms with van der Waals surface area (Å²) in [6.45, 7) is 2.20. The molecule has 0 bridgehead atoms. The molecule has 168 valence electrons. The molecule has 3 aromatic carbocycles. The first-order valence-electron chi connectivity index (χ1n) is 10.6. The van der Waals surface area contributed by atoms with Crippen LogP contribution >= 0.6 is 11.6 Å². The van der Waals surface area contributed by atoms with E-state index in [0.717, 1.165) is 32.9 Å². The molecule has 0 atom stereocenters. The summed E-state index contributed by atoms with van der Waals surface area (Å²) in [5.41, 5.74) is 9.87. The van der Waals surface area contributed by atoms with Gasteiger partial charge in [0.15, 0.2) is 0 Å². The Morgan fingerprint density at radius 1 is 1.03 bits per heavy atom. The summed E-state index contributed by atoms with van der Waals surface area (Å²) < 4.78 is 19.0. The van der Waals surface area contributed by atoms with Gasteiger partial charge in [0, 0.05) is 34.9 Å². The van der Waals surface area contributed by atoms with Crippen molar-refractivity contribution >= 4 is 45.2 Å². The van der Waals surface area contributed by atoms with Gasteiger partial charge in [-0.1, -0.05) is 23.7 Å². The van der Waals surface area contributed by atoms with Gasteiger partial charge in [-0.2, -0.15) is 0 Å². The fraction of sp³-hybridized carbons (Fsp3) is 0.200. The number of ether oxygens (including phenoxy) is 1. The summed E-state index contributed by atoms with van der Waals surface area (Å²) in [6, 6.07) is 13.9. The number of primary amides is 1. The Morgan fingerprint density at radius 3 is 2.55 bits per heavy atom. The standard InChI is InChI=1S/C25H21ClFN3O3/c26-20-11-14(2-4-21(20)27)16-9-17(13-23(28)31)24-19(10-16)18-3-1-15(12-22(18)29-24)25(32)30-5-7-33-8-6-30/h1-4,9-12,29H,5-8,13H2,(H2,28,31). The molecule has 5 rings (SSSR count). The predicted octanol–water partition coefficient (Wildman–Crippen LogP) is 4.28. The number of carbonyl (C=O) groups is 2. The SMILES string of the molecule is NC(=O)Cc1cc(-c2ccc(F)c(Cl)c2)cc2c1[nH]c1cc(C(=O)N3CCOCC3)ccc12. The molecule has 0 radical (unpaired) electrons. The van der Waals surface area contributed by atoms with Gasteiger partial charge in [-0.15, -0.1) is 0 Å². The van der Waals surface area contributed by atoms with Crippen molar-refractivity contribution in [3.8, 4) is 11.1 Å². The second kappa shape index (κ2) is 8.50. The molecule has 1 saturated heterocycles. The van der Waals surface area contributed by atoms with Gasteiger partial charge in [0.25, 0.3) is 5.91 Å². The predicted molar refractivity (Wildman–Crippen MR) is 126 cm³/mol. The number of H-pyrrole nitrogens is 1. The fourth-order valence-electron chi connectivity index (χ4n) is 4.33. The summed E-state index contributed by atoms with van der Waals surface area (Å²) in [5, 5.41) is 1.81. The highest BCUT2D eigenvalue weighted by Crippen LogP contribution is 2.34. The van der Waals surface area contributed by atoms with Crippen LogP contribution < -0.4 is 5.73 Å². The second-order valence-electron chi connectivity index (χ2n) is 8.12. The van der Waals surface area contributed by atoms with Crippen molar-refractivity contribution in [1.29, 1.82) is 0 Å². The number of aromatic amines is 1. The fourth-order valence-corrected chi connectivity index (χ4v) is 4.51. The number of rotatable bonds is 4. The molecule has 3 N–H and O–H groups in total. The van der Waals surface area contributed by atoms with Crippen LogP contribution in [0.3, 0.4) is 0 Å². The zero-order valence-corrected chi connectivity index (χ0v) is 18.4. The Hall–Kier alpha value is -3.42. The van der Waals surface area contributed by atoms with Crippen LogP contribution in [0.15, 0.2) is 48.5 Å². The van der Waals surface area contributed by atoms with Gasteiger partial charge in [0.1, 0.15) is 5.82 Å². The summed E-state index contributed by atoms with van der Waals surface area (Å²) in [7, 11) is 0. The van der Waals surface area contributed by atoms with Gasteiger partial charge in [-0.05, 0) is 53.1 Å². The zero-order valence-electron chi connectivity index (χ0n) is 17.7. The third-order valence-electron chi connectivity index (χ3n) is 5.95. The van der Waals surface area contributed by atoms with Gasteiger partial charge in [0.05, 0.1) is 30.2 Å². The highest BCUT2D eigenvalue weighted by molar-refractivity contribution is 6.31. The molecule has 0 saturated carbocycles. The largest absolute Gasteiger partial charge is 0.378 e. The smallest absolute Gasteiger partial charge is 0.254 e. The molecule has 2 amide bonds. The Labute approximate surface area is 194 Å². The van der Waals surface area contributed by atoms with E-state index in [1.165, 1.54) is 6.07 Å². The van der Waals surface area contributed by atoms with Crippen LogP contribution in [-0.4, -0.2) is 48.0 Å². The van der Waals surface area contributed by atoms with E-state index in [1.807, 2.05) is 30.3 Å². The molecule has 2 heterocycles. The van der Waals surface area contributed by atoms with Gasteiger partial charge in [-0.3, -0.25) is 9.59 Å². The highest BCUT2D eigenvalue weighted by atomic mass is 35.5. The van der Waals surface area contributed by atoms with Gasteiger partial charge in [-0.25, -0.2) is 4.39 Å². The van der Waals surface area contributed by atoms with Crippen LogP contribution in [0.4, 0.5) is 4.39 Å². The normalized spacial score (nSPS) is 14.2. The van der Waals surface area contributed by atoms with Crippen LogP contribution in [0.25, 0.3) is 32.9 Å². The third-order valence-corrected chi connectivity index (χ3v) is 6.24. The van der Waals surface area contributed by atoms with E-state index >= 15 is 0 Å². The van der Waals surface area contributed by atoms with Crippen LogP contribution in [-0.2, 0) is 16.0 Å². The maximum absolute atomic E-state index is 13.7. The molecular weight excluding hydrogens is 445 g/mol. The maximum Gasteiger partial charge on any atom is 0.254 e. The molecule has 1 aliphatic heterocycles. The molecule has 0 aliphatic carbocycles. The second-order valence-corrected chi connectivity index (χ2v) is 8.53. The molecule has 6 nitrogen and oxygen atoms in total. The lowest BCUT2D eigenvalue weighted by Crippen LogP contribution is -2.40. The molecule has 8 heteroatoms. The number of nitrogens with two attached hydrogens (primary N) is 1. The third kappa shape index (κ3) is 4.05. The lowest BCUT2D eigenvalue weighted by Gasteiger charge is -2.26. The number of amides is 2. The van der Waals surface area contributed by atoms with Crippen molar-refractivity contribution in [3.05, 3.63) is 70.5 Å². The van der Waals surface area contributed by atoms with E-state index in [1.54, 1.807) is 17.0 Å². The number of nitrogens with zero attached hydrogens (tertiary/aromatic N) is 1. The van der Waals surface area contributed by atoms with Crippen molar-refractivity contribution in [2.24, 2.45) is 5.73 Å². The summed E-state index contributed by atoms with van der Waals surface area (Å²) in [6.07, 6.45) is 0.0334. The number of fused-ring (bicyclic) bond motifs is 3. The lowest BCUT2D eigenvalue weighted by atomic mass is 9.97. The topological polar surface area (TPSA) is 88.4 Å². The van der Waals surface area contributed by atoms with E-state index in [0.29, 0.717) is 37.4 Å². The molecular formula is C25H21ClFN3O3. The minimum atomic E-state index is -0.497. The zero-order chi connectivity index (χ0) is 23.1. The molecule has 33 heavy (non-hydrogen) atoms. The van der Waals surface area contributed by atoms with Gasteiger partial charge >= 0.3 is 0 Å². The van der Waals surface area contributed by atoms with E-state index in [9.17, 15) is 14.0 Å².